The van der Waals surface area contributed by atoms with E-state index in [4.69, 9.17) is 4.74 Å². The fraction of sp³-hybridized carbons (Fsp3) is 0.389. The van der Waals surface area contributed by atoms with E-state index >= 15 is 0 Å². The van der Waals surface area contributed by atoms with Crippen molar-refractivity contribution in [2.75, 3.05) is 13.1 Å². The van der Waals surface area contributed by atoms with E-state index in [1.807, 2.05) is 30.0 Å². The first kappa shape index (κ1) is 15.5. The van der Waals surface area contributed by atoms with Crippen LogP contribution in [0.3, 0.4) is 0 Å². The van der Waals surface area contributed by atoms with Crippen molar-refractivity contribution < 1.29 is 9.53 Å². The third-order valence-electron chi connectivity index (χ3n) is 4.25. The lowest BCUT2D eigenvalue weighted by atomic mass is 10.0. The lowest BCUT2D eigenvalue weighted by Gasteiger charge is -2.32. The maximum atomic E-state index is 12.7. The van der Waals surface area contributed by atoms with Crippen molar-refractivity contribution in [1.82, 2.24) is 15.1 Å². The van der Waals surface area contributed by atoms with Crippen molar-refractivity contribution in [2.24, 2.45) is 0 Å². The minimum atomic E-state index is -0.0315. The van der Waals surface area contributed by atoms with Gasteiger partial charge in [-0.3, -0.25) is 4.79 Å². The minimum Gasteiger partial charge on any atom is -0.471 e. The third kappa shape index (κ3) is 3.67. The maximum absolute atomic E-state index is 12.7. The number of likely N-dealkylation sites (tertiary alicyclic amines) is 1. The fourth-order valence-corrected chi connectivity index (χ4v) is 2.80. The Morgan fingerprint density at radius 1 is 1.26 bits per heavy atom. The molecule has 1 fully saturated rings. The van der Waals surface area contributed by atoms with Gasteiger partial charge < -0.3 is 9.64 Å². The molecule has 0 bridgehead atoms. The van der Waals surface area contributed by atoms with Crippen LogP contribution in [0.4, 0.5) is 0 Å². The van der Waals surface area contributed by atoms with Crippen LogP contribution in [0, 0.1) is 13.8 Å². The highest BCUT2D eigenvalue weighted by Crippen LogP contribution is 2.19. The summed E-state index contributed by atoms with van der Waals surface area (Å²) in [5.41, 5.74) is 3.08. The Balaban J connectivity index is 1.68. The van der Waals surface area contributed by atoms with Gasteiger partial charge in [0.2, 0.25) is 5.88 Å². The standard InChI is InChI=1S/C18H21N3O2/c1-13-7-8-15(11-14(13)2)18(22)21-10-4-5-16(12-21)23-17-6-3-9-19-20-17/h3,6-9,11,16H,4-5,10,12H2,1-2H3. The van der Waals surface area contributed by atoms with E-state index in [2.05, 4.69) is 17.1 Å². The zero-order valence-electron chi connectivity index (χ0n) is 13.5. The van der Waals surface area contributed by atoms with Crippen molar-refractivity contribution in [2.45, 2.75) is 32.8 Å². The van der Waals surface area contributed by atoms with Crippen LogP contribution in [0.15, 0.2) is 36.5 Å². The van der Waals surface area contributed by atoms with Gasteiger partial charge in [0, 0.05) is 24.4 Å². The second kappa shape index (κ2) is 6.77. The highest BCUT2D eigenvalue weighted by atomic mass is 16.5. The van der Waals surface area contributed by atoms with Gasteiger partial charge in [-0.2, -0.15) is 5.10 Å². The Hall–Kier alpha value is -2.43. The topological polar surface area (TPSA) is 55.3 Å². The molecule has 120 valence electrons. The van der Waals surface area contributed by atoms with Crippen LogP contribution in [0.25, 0.3) is 0 Å². The van der Waals surface area contributed by atoms with E-state index < -0.39 is 0 Å². The molecule has 5 heteroatoms. The Morgan fingerprint density at radius 3 is 2.87 bits per heavy atom. The summed E-state index contributed by atoms with van der Waals surface area (Å²) >= 11 is 0. The molecule has 2 heterocycles. The number of nitrogens with zero attached hydrogens (tertiary/aromatic N) is 3. The van der Waals surface area contributed by atoms with Gasteiger partial charge >= 0.3 is 0 Å². The third-order valence-corrected chi connectivity index (χ3v) is 4.25. The van der Waals surface area contributed by atoms with E-state index in [1.54, 1.807) is 18.3 Å². The van der Waals surface area contributed by atoms with Crippen molar-refractivity contribution in [3.05, 3.63) is 53.2 Å². The summed E-state index contributed by atoms with van der Waals surface area (Å²) in [6.07, 6.45) is 3.44. The smallest absolute Gasteiger partial charge is 0.253 e. The molecule has 0 spiro atoms. The lowest BCUT2D eigenvalue weighted by Crippen LogP contribution is -2.44. The maximum Gasteiger partial charge on any atom is 0.253 e. The summed E-state index contributed by atoms with van der Waals surface area (Å²) in [5.74, 6) is 0.582. The first-order valence-electron chi connectivity index (χ1n) is 7.94. The minimum absolute atomic E-state index is 0.0315. The monoisotopic (exact) mass is 311 g/mol. The SMILES string of the molecule is Cc1ccc(C(=O)N2CCCC(Oc3cccnn3)C2)cc1C. The molecule has 0 N–H and O–H groups in total. The van der Waals surface area contributed by atoms with Gasteiger partial charge in [0.25, 0.3) is 5.91 Å². The number of carbonyl (C=O) groups excluding carboxylic acids is 1. The van der Waals surface area contributed by atoms with Gasteiger partial charge in [-0.15, -0.1) is 5.10 Å². The van der Waals surface area contributed by atoms with Gasteiger partial charge in [-0.1, -0.05) is 6.07 Å². The van der Waals surface area contributed by atoms with Crippen LogP contribution in [0.1, 0.15) is 34.3 Å². The molecule has 0 radical (unpaired) electrons. The van der Waals surface area contributed by atoms with Crippen LogP contribution in [0.5, 0.6) is 5.88 Å². The zero-order valence-corrected chi connectivity index (χ0v) is 13.5. The number of ether oxygens (including phenoxy) is 1. The first-order chi connectivity index (χ1) is 11.1. The number of hydrogen-bond donors (Lipinski definition) is 0. The number of aromatic nitrogens is 2. The second-order valence-electron chi connectivity index (χ2n) is 5.99. The Bertz CT molecular complexity index is 688. The van der Waals surface area contributed by atoms with Crippen LogP contribution < -0.4 is 4.74 Å². The summed E-state index contributed by atoms with van der Waals surface area (Å²) in [4.78, 5) is 14.6. The molecule has 0 aliphatic carbocycles. The highest BCUT2D eigenvalue weighted by Gasteiger charge is 2.26. The van der Waals surface area contributed by atoms with Gasteiger partial charge in [0.05, 0.1) is 6.54 Å². The second-order valence-corrected chi connectivity index (χ2v) is 5.99. The van der Waals surface area contributed by atoms with Gasteiger partial charge in [-0.05, 0) is 56.0 Å². The Labute approximate surface area is 136 Å². The van der Waals surface area contributed by atoms with Crippen molar-refractivity contribution in [3.8, 4) is 5.88 Å². The molecule has 1 amide bonds. The normalized spacial score (nSPS) is 17.8. The molecular weight excluding hydrogens is 290 g/mol. The van der Waals surface area contributed by atoms with E-state index in [0.29, 0.717) is 12.4 Å². The summed E-state index contributed by atoms with van der Waals surface area (Å²) in [7, 11) is 0. The number of benzene rings is 1. The predicted octanol–water partition coefficient (Wildman–Crippen LogP) is 2.78. The molecule has 2 aromatic rings. The van der Waals surface area contributed by atoms with Crippen LogP contribution in [-0.4, -0.2) is 40.2 Å². The van der Waals surface area contributed by atoms with Crippen molar-refractivity contribution in [1.29, 1.82) is 0 Å². The summed E-state index contributed by atoms with van der Waals surface area (Å²) in [5, 5.41) is 7.76. The number of hydrogen-bond acceptors (Lipinski definition) is 4. The average molecular weight is 311 g/mol. The van der Waals surface area contributed by atoms with Crippen molar-refractivity contribution >= 4 is 5.91 Å². The molecular formula is C18H21N3O2. The number of carbonyl (C=O) groups is 1. The van der Waals surface area contributed by atoms with Crippen molar-refractivity contribution in [3.63, 3.8) is 0 Å². The summed E-state index contributed by atoms with van der Waals surface area (Å²) < 4.78 is 5.85. The Kier molecular flexibility index (Phi) is 4.55. The van der Waals surface area contributed by atoms with E-state index in [9.17, 15) is 4.79 Å². The van der Waals surface area contributed by atoms with E-state index in [1.165, 1.54) is 5.56 Å². The van der Waals surface area contributed by atoms with E-state index in [-0.39, 0.29) is 12.0 Å². The molecule has 3 rings (SSSR count). The number of rotatable bonds is 3. The predicted molar refractivity (Wildman–Crippen MR) is 87.5 cm³/mol. The van der Waals surface area contributed by atoms with Crippen LogP contribution in [0.2, 0.25) is 0 Å². The van der Waals surface area contributed by atoms with E-state index in [0.717, 1.165) is 30.5 Å². The van der Waals surface area contributed by atoms with Gasteiger partial charge in [0.1, 0.15) is 6.10 Å². The summed E-state index contributed by atoms with van der Waals surface area (Å²) in [6, 6.07) is 9.45. The molecule has 23 heavy (non-hydrogen) atoms. The first-order valence-corrected chi connectivity index (χ1v) is 7.94. The van der Waals surface area contributed by atoms with Gasteiger partial charge in [-0.25, -0.2) is 0 Å². The largest absolute Gasteiger partial charge is 0.471 e. The molecule has 0 saturated carbocycles. The molecule has 5 nitrogen and oxygen atoms in total. The molecule has 1 aliphatic heterocycles. The lowest BCUT2D eigenvalue weighted by molar-refractivity contribution is 0.0525. The molecule has 1 aromatic carbocycles. The highest BCUT2D eigenvalue weighted by molar-refractivity contribution is 5.94. The molecule has 1 unspecified atom stereocenters. The fourth-order valence-electron chi connectivity index (χ4n) is 2.80. The number of piperidine rings is 1. The number of aryl methyl sites for hydroxylation is 2. The molecule has 1 aromatic heterocycles. The summed E-state index contributed by atoms with van der Waals surface area (Å²) in [6.45, 7) is 5.44. The molecule has 1 saturated heterocycles. The molecule has 1 aliphatic rings. The number of amides is 1. The Morgan fingerprint density at radius 2 is 2.13 bits per heavy atom. The average Bonchev–Trinajstić information content (AvgIpc) is 2.58. The quantitative estimate of drug-likeness (QED) is 0.874. The molecule has 1 atom stereocenters. The van der Waals surface area contributed by atoms with Gasteiger partial charge in [0.15, 0.2) is 0 Å². The van der Waals surface area contributed by atoms with Crippen LogP contribution >= 0.6 is 0 Å². The van der Waals surface area contributed by atoms with Crippen LogP contribution in [-0.2, 0) is 0 Å². The zero-order chi connectivity index (χ0) is 16.2.